The third kappa shape index (κ3) is 20.7. The van der Waals surface area contributed by atoms with E-state index in [1.807, 2.05) is 12.1 Å². The number of hydrogen-bond donors (Lipinski definition) is 0. The SMILES string of the molecule is CC(=O)C=C([O-])c1ccccc1.CC(=O)C=C([O-])c1ccccc1.CC[O-].CC[O-].[Hf+4]. The molecule has 0 N–H and O–H groups in total. The van der Waals surface area contributed by atoms with Crippen molar-refractivity contribution in [3.05, 3.63) is 83.9 Å². The molecule has 164 valence electrons. The van der Waals surface area contributed by atoms with E-state index in [0.29, 0.717) is 11.1 Å². The van der Waals surface area contributed by atoms with Gasteiger partial charge in [-0.2, -0.15) is 0 Å². The predicted molar refractivity (Wildman–Crippen MR) is 111 cm³/mol. The molecule has 0 amide bonds. The Hall–Kier alpha value is -2.35. The van der Waals surface area contributed by atoms with E-state index in [1.54, 1.807) is 62.4 Å². The van der Waals surface area contributed by atoms with Gasteiger partial charge in [-0.3, -0.25) is 9.59 Å². The number of rotatable bonds is 4. The second-order valence-corrected chi connectivity index (χ2v) is 5.55. The van der Waals surface area contributed by atoms with Crippen LogP contribution in [-0.4, -0.2) is 24.8 Å². The average Bonchev–Trinajstić information content (AvgIpc) is 2.70. The van der Waals surface area contributed by atoms with Crippen molar-refractivity contribution in [1.82, 2.24) is 0 Å². The van der Waals surface area contributed by atoms with Crippen LogP contribution < -0.4 is 20.4 Å². The van der Waals surface area contributed by atoms with Crippen molar-refractivity contribution in [2.75, 3.05) is 13.2 Å². The second-order valence-electron chi connectivity index (χ2n) is 5.55. The first-order valence-corrected chi connectivity index (χ1v) is 9.28. The molecule has 0 saturated heterocycles. The number of hydrogen-bond acceptors (Lipinski definition) is 6. The van der Waals surface area contributed by atoms with Gasteiger partial charge in [0.2, 0.25) is 0 Å². The van der Waals surface area contributed by atoms with Crippen LogP contribution in [0, 0.1) is 0 Å². The summed E-state index contributed by atoms with van der Waals surface area (Å²) >= 11 is 0. The van der Waals surface area contributed by atoms with Crippen LogP contribution in [0.5, 0.6) is 0 Å². The molecule has 2 rings (SSSR count). The Morgan fingerprint density at radius 1 is 0.677 bits per heavy atom. The van der Waals surface area contributed by atoms with Crippen molar-refractivity contribution in [1.29, 1.82) is 0 Å². The summed E-state index contributed by atoms with van der Waals surface area (Å²) in [4.78, 5) is 21.1. The van der Waals surface area contributed by atoms with Gasteiger partial charge in [0, 0.05) is 0 Å². The van der Waals surface area contributed by atoms with Gasteiger partial charge in [0.15, 0.2) is 11.6 Å². The minimum absolute atomic E-state index is 0. The fourth-order valence-corrected chi connectivity index (χ4v) is 1.74. The van der Waals surface area contributed by atoms with Crippen molar-refractivity contribution in [3.8, 4) is 0 Å². The van der Waals surface area contributed by atoms with Crippen molar-refractivity contribution < 1.29 is 55.9 Å². The van der Waals surface area contributed by atoms with Crippen molar-refractivity contribution >= 4 is 23.1 Å². The molecule has 0 heterocycles. The molecule has 2 aromatic rings. The summed E-state index contributed by atoms with van der Waals surface area (Å²) in [7, 11) is 0. The topological polar surface area (TPSA) is 126 Å². The molecule has 0 aliphatic heterocycles. The molecular weight excluding hydrogens is 563 g/mol. The molecule has 0 fully saturated rings. The van der Waals surface area contributed by atoms with Crippen LogP contribution >= 0.6 is 0 Å². The number of benzene rings is 2. The molecule has 7 heteroatoms. The summed E-state index contributed by atoms with van der Waals surface area (Å²) in [6, 6.07) is 17.4. The van der Waals surface area contributed by atoms with Gasteiger partial charge in [0.25, 0.3) is 0 Å². The summed E-state index contributed by atoms with van der Waals surface area (Å²) < 4.78 is 0. The predicted octanol–water partition coefficient (Wildman–Crippen LogP) is 0.684. The minimum Gasteiger partial charge on any atom is -0.872 e. The van der Waals surface area contributed by atoms with Gasteiger partial charge in [0.05, 0.1) is 0 Å². The van der Waals surface area contributed by atoms with Gasteiger partial charge >= 0.3 is 25.8 Å². The molecule has 0 spiro atoms. The van der Waals surface area contributed by atoms with Crippen LogP contribution in [0.1, 0.15) is 38.8 Å². The van der Waals surface area contributed by atoms with E-state index in [9.17, 15) is 19.8 Å². The van der Waals surface area contributed by atoms with Crippen LogP contribution in [-0.2, 0) is 35.4 Å². The zero-order valence-corrected chi connectivity index (χ0v) is 21.9. The monoisotopic (exact) mass is 592 g/mol. The van der Waals surface area contributed by atoms with Crippen LogP contribution in [0.3, 0.4) is 0 Å². The maximum Gasteiger partial charge on any atom is 4.00 e. The molecule has 0 unspecified atom stereocenters. The number of allylic oxidation sites excluding steroid dienone is 2. The van der Waals surface area contributed by atoms with E-state index < -0.39 is 0 Å². The standard InChI is InChI=1S/2C10H10O2.2C2H5O.Hf/c2*1-8(11)7-10(12)9-5-3-2-4-6-9;2*1-2-3;/h2*2-7,12H,1H3;2*2H2,1H3;/q;;2*-1;+4/p-2. The first-order valence-electron chi connectivity index (χ1n) is 9.28. The number of carbonyl (C=O) groups excluding carboxylic acids is 2. The summed E-state index contributed by atoms with van der Waals surface area (Å²) in [5, 5.41) is 40.2. The van der Waals surface area contributed by atoms with Crippen molar-refractivity contribution in [3.63, 3.8) is 0 Å². The molecule has 0 aliphatic rings. The van der Waals surface area contributed by atoms with E-state index in [1.165, 1.54) is 13.8 Å². The summed E-state index contributed by atoms with van der Waals surface area (Å²) in [6.07, 6.45) is 2.19. The third-order valence-corrected chi connectivity index (χ3v) is 2.79. The van der Waals surface area contributed by atoms with Crippen molar-refractivity contribution in [2.45, 2.75) is 27.7 Å². The van der Waals surface area contributed by atoms with Crippen LogP contribution in [0.2, 0.25) is 0 Å². The van der Waals surface area contributed by atoms with Gasteiger partial charge in [0.1, 0.15) is 0 Å². The molecule has 0 aliphatic carbocycles. The smallest absolute Gasteiger partial charge is 0.872 e. The van der Waals surface area contributed by atoms with Crippen LogP contribution in [0.15, 0.2) is 72.8 Å². The summed E-state index contributed by atoms with van der Waals surface area (Å²) in [5.74, 6) is -0.904. The van der Waals surface area contributed by atoms with E-state index in [0.717, 1.165) is 12.2 Å². The Bertz CT molecular complexity index is 704. The zero-order valence-electron chi connectivity index (χ0n) is 18.3. The fourth-order valence-electron chi connectivity index (χ4n) is 1.74. The molecule has 6 nitrogen and oxygen atoms in total. The van der Waals surface area contributed by atoms with E-state index in [4.69, 9.17) is 10.2 Å². The van der Waals surface area contributed by atoms with Gasteiger partial charge in [-0.1, -0.05) is 86.0 Å². The molecule has 0 bridgehead atoms. The minimum atomic E-state index is -0.233. The Labute approximate surface area is 203 Å². The van der Waals surface area contributed by atoms with E-state index in [-0.39, 0.29) is 62.1 Å². The third-order valence-electron chi connectivity index (χ3n) is 2.79. The van der Waals surface area contributed by atoms with E-state index >= 15 is 0 Å². The molecule has 0 aromatic heterocycles. The Morgan fingerprint density at radius 3 is 1.10 bits per heavy atom. The van der Waals surface area contributed by atoms with Crippen LogP contribution in [0.25, 0.3) is 11.5 Å². The quantitative estimate of drug-likeness (QED) is 0.293. The molecule has 31 heavy (non-hydrogen) atoms. The molecule has 0 saturated carbocycles. The molecule has 0 atom stereocenters. The maximum absolute atomic E-state index is 11.2. The number of carbonyl (C=O) groups is 2. The molecule has 2 aromatic carbocycles. The van der Waals surface area contributed by atoms with Crippen molar-refractivity contribution in [2.24, 2.45) is 0 Å². The average molecular weight is 591 g/mol. The van der Waals surface area contributed by atoms with Crippen LogP contribution in [0.4, 0.5) is 0 Å². The summed E-state index contributed by atoms with van der Waals surface area (Å²) in [6.45, 7) is 5.86. The van der Waals surface area contributed by atoms with Gasteiger partial charge < -0.3 is 20.4 Å². The second kappa shape index (κ2) is 22.3. The largest absolute Gasteiger partial charge is 4.00 e. The van der Waals surface area contributed by atoms with Gasteiger partial charge in [-0.05, 0) is 37.1 Å². The fraction of sp³-hybridized carbons (Fsp3) is 0.250. The van der Waals surface area contributed by atoms with E-state index in [2.05, 4.69) is 0 Å². The first kappa shape index (κ1) is 33.3. The summed E-state index contributed by atoms with van der Waals surface area (Å²) in [5.41, 5.74) is 1.10. The Balaban J connectivity index is -0.000000394. The zero-order chi connectivity index (χ0) is 23.4. The molecule has 0 radical (unpaired) electrons. The van der Waals surface area contributed by atoms with Gasteiger partial charge in [-0.15, -0.1) is 13.2 Å². The first-order chi connectivity index (χ1) is 14.2. The van der Waals surface area contributed by atoms with Gasteiger partial charge in [-0.25, -0.2) is 0 Å². The Kier molecular flexibility index (Phi) is 24.0. The Morgan fingerprint density at radius 2 is 0.903 bits per heavy atom. The molecular formula is C24H28HfO6. The normalized spacial score (nSPS) is 9.87. The number of ketones is 2. The maximum atomic E-state index is 11.2.